The van der Waals surface area contributed by atoms with Gasteiger partial charge in [0, 0.05) is 52.2 Å². The molecule has 0 radical (unpaired) electrons. The molecule has 4 rings (SSSR count). The van der Waals surface area contributed by atoms with E-state index in [9.17, 15) is 17.8 Å². The van der Waals surface area contributed by atoms with Crippen molar-refractivity contribution in [3.05, 3.63) is 65.3 Å². The zero-order chi connectivity index (χ0) is 26.0. The van der Waals surface area contributed by atoms with Crippen molar-refractivity contribution >= 4 is 22.5 Å². The van der Waals surface area contributed by atoms with Gasteiger partial charge in [-0.3, -0.25) is 9.11 Å². The van der Waals surface area contributed by atoms with E-state index in [4.69, 9.17) is 4.42 Å². The third kappa shape index (κ3) is 5.77. The summed E-state index contributed by atoms with van der Waals surface area (Å²) in [5.74, 6) is -0.907. The molecule has 0 bridgehead atoms. The van der Waals surface area contributed by atoms with Gasteiger partial charge in [-0.25, -0.2) is 9.18 Å². The summed E-state index contributed by atoms with van der Waals surface area (Å²) in [4.78, 5) is 16.6. The highest BCUT2D eigenvalue weighted by Crippen LogP contribution is 2.29. The molecule has 1 aromatic heterocycles. The molecule has 1 aliphatic rings. The second kappa shape index (κ2) is 10.4. The molecule has 11 heteroatoms. The Hall–Kier alpha value is -3.21. The third-order valence-corrected chi connectivity index (χ3v) is 7.26. The number of aromatic nitrogens is 2. The van der Waals surface area contributed by atoms with E-state index in [0.717, 1.165) is 11.6 Å². The van der Waals surface area contributed by atoms with Crippen molar-refractivity contribution in [2.24, 2.45) is 0 Å². The van der Waals surface area contributed by atoms with Crippen LogP contribution in [0.3, 0.4) is 0 Å². The van der Waals surface area contributed by atoms with Gasteiger partial charge in [0.15, 0.2) is 0 Å². The van der Waals surface area contributed by atoms with Crippen LogP contribution in [0.15, 0.2) is 46.9 Å². The van der Waals surface area contributed by atoms with Gasteiger partial charge in [-0.15, -0.1) is 10.2 Å². The van der Waals surface area contributed by atoms with Crippen molar-refractivity contribution < 1.29 is 26.6 Å². The SMILES string of the molecule is CC(C)(C)c1ccc(N(Cc2ccc(-c3nnc(C(F)F)o3)cc2F)C(=O)N2CCS(=O)CC2)cc1. The van der Waals surface area contributed by atoms with Crippen LogP contribution in [0.4, 0.5) is 23.7 Å². The standard InChI is InChI=1S/C25H27F3N4O3S/c1-25(2,3)18-6-8-19(9-7-18)32(24(33)31-10-12-36(34)13-11-31)15-17-5-4-16(14-20(17)26)22-29-30-23(35-22)21(27)28/h4-9,14,21H,10-13,15H2,1-3H3. The predicted molar refractivity (Wildman–Crippen MR) is 131 cm³/mol. The second-order valence-corrected chi connectivity index (χ2v) is 11.2. The van der Waals surface area contributed by atoms with Crippen molar-refractivity contribution in [1.29, 1.82) is 0 Å². The van der Waals surface area contributed by atoms with E-state index in [-0.39, 0.29) is 35.0 Å². The summed E-state index contributed by atoms with van der Waals surface area (Å²) in [5.41, 5.74) is 1.99. The van der Waals surface area contributed by atoms with Crippen molar-refractivity contribution in [3.63, 3.8) is 0 Å². The Bertz CT molecular complexity index is 1250. The van der Waals surface area contributed by atoms with Crippen molar-refractivity contribution in [2.45, 2.75) is 39.2 Å². The molecule has 0 N–H and O–H groups in total. The number of urea groups is 1. The Morgan fingerprint density at radius 1 is 1.11 bits per heavy atom. The van der Waals surface area contributed by atoms with Crippen LogP contribution in [-0.4, -0.2) is 49.9 Å². The van der Waals surface area contributed by atoms with Gasteiger partial charge in [0.1, 0.15) is 5.82 Å². The lowest BCUT2D eigenvalue weighted by molar-refractivity contribution is 0.116. The average molecular weight is 521 g/mol. The first-order chi connectivity index (χ1) is 17.0. The number of anilines is 1. The molecule has 1 saturated heterocycles. The van der Waals surface area contributed by atoms with E-state index in [2.05, 4.69) is 31.0 Å². The molecule has 0 atom stereocenters. The molecule has 192 valence electrons. The first-order valence-corrected chi connectivity index (χ1v) is 12.9. The van der Waals surface area contributed by atoms with Crippen molar-refractivity contribution in [1.82, 2.24) is 15.1 Å². The number of hydrogen-bond acceptors (Lipinski definition) is 5. The zero-order valence-corrected chi connectivity index (χ0v) is 21.0. The number of hydrogen-bond donors (Lipinski definition) is 0. The molecule has 2 aromatic carbocycles. The normalized spacial score (nSPS) is 14.9. The van der Waals surface area contributed by atoms with Gasteiger partial charge in [0.25, 0.3) is 5.89 Å². The Labute approximate surface area is 209 Å². The van der Waals surface area contributed by atoms with Gasteiger partial charge >= 0.3 is 12.5 Å². The molecular formula is C25H27F3N4O3S. The molecular weight excluding hydrogens is 493 g/mol. The highest BCUT2D eigenvalue weighted by atomic mass is 32.2. The van der Waals surface area contributed by atoms with E-state index < -0.39 is 28.9 Å². The van der Waals surface area contributed by atoms with Gasteiger partial charge in [0.05, 0.1) is 6.54 Å². The highest BCUT2D eigenvalue weighted by molar-refractivity contribution is 7.85. The second-order valence-electron chi connectivity index (χ2n) is 9.55. The summed E-state index contributed by atoms with van der Waals surface area (Å²) in [5, 5.41) is 6.82. The third-order valence-electron chi connectivity index (χ3n) is 5.98. The molecule has 0 saturated carbocycles. The summed E-state index contributed by atoms with van der Waals surface area (Å²) >= 11 is 0. The van der Waals surface area contributed by atoms with Crippen LogP contribution in [-0.2, 0) is 22.8 Å². The van der Waals surface area contributed by atoms with E-state index in [1.165, 1.54) is 17.0 Å². The topological polar surface area (TPSA) is 79.5 Å². The quantitative estimate of drug-likeness (QED) is 0.456. The maximum Gasteiger partial charge on any atom is 0.324 e. The van der Waals surface area contributed by atoms with Crippen LogP contribution in [0.5, 0.6) is 0 Å². The minimum atomic E-state index is -2.92. The molecule has 0 unspecified atom stereocenters. The number of halogens is 3. The van der Waals surface area contributed by atoms with E-state index in [0.29, 0.717) is 30.3 Å². The Kier molecular flexibility index (Phi) is 7.49. The fourth-order valence-electron chi connectivity index (χ4n) is 3.83. The first-order valence-electron chi connectivity index (χ1n) is 11.5. The highest BCUT2D eigenvalue weighted by Gasteiger charge is 2.27. The van der Waals surface area contributed by atoms with Crippen LogP contribution in [0.2, 0.25) is 0 Å². The molecule has 2 heterocycles. The van der Waals surface area contributed by atoms with Gasteiger partial charge in [-0.05, 0) is 35.2 Å². The monoisotopic (exact) mass is 520 g/mol. The van der Waals surface area contributed by atoms with E-state index in [1.807, 2.05) is 24.3 Å². The maximum absolute atomic E-state index is 15.1. The first kappa shape index (κ1) is 25.9. The number of nitrogens with zero attached hydrogens (tertiary/aromatic N) is 4. The summed E-state index contributed by atoms with van der Waals surface area (Å²) in [6, 6.07) is 11.3. The number of carbonyl (C=O) groups excluding carboxylic acids is 1. The molecule has 1 fully saturated rings. The van der Waals surface area contributed by atoms with Gasteiger partial charge in [-0.1, -0.05) is 39.0 Å². The smallest absolute Gasteiger partial charge is 0.324 e. The lowest BCUT2D eigenvalue weighted by Gasteiger charge is -2.33. The van der Waals surface area contributed by atoms with Crippen LogP contribution in [0.25, 0.3) is 11.5 Å². The van der Waals surface area contributed by atoms with E-state index in [1.54, 1.807) is 4.90 Å². The van der Waals surface area contributed by atoms with Gasteiger partial charge in [-0.2, -0.15) is 8.78 Å². The Morgan fingerprint density at radius 2 is 1.78 bits per heavy atom. The average Bonchev–Trinajstić information content (AvgIpc) is 3.34. The number of rotatable bonds is 5. The number of carbonyl (C=O) groups is 1. The fraction of sp³-hybridized carbons (Fsp3) is 0.400. The summed E-state index contributed by atoms with van der Waals surface area (Å²) in [6.45, 7) is 6.90. The Balaban J connectivity index is 1.63. The number of benzene rings is 2. The number of alkyl halides is 2. The summed E-state index contributed by atoms with van der Waals surface area (Å²) < 4.78 is 57.3. The molecule has 36 heavy (non-hydrogen) atoms. The molecule has 3 aromatic rings. The fourth-order valence-corrected chi connectivity index (χ4v) is 4.88. The minimum absolute atomic E-state index is 0.0640. The van der Waals surface area contributed by atoms with Crippen LogP contribution in [0, 0.1) is 5.82 Å². The summed E-state index contributed by atoms with van der Waals surface area (Å²) in [7, 11) is -0.951. The molecule has 1 aliphatic heterocycles. The minimum Gasteiger partial charge on any atom is -0.415 e. The van der Waals surface area contributed by atoms with Crippen molar-refractivity contribution in [3.8, 4) is 11.5 Å². The largest absolute Gasteiger partial charge is 0.415 e. The number of amides is 2. The molecule has 2 amide bonds. The molecule has 0 aliphatic carbocycles. The Morgan fingerprint density at radius 3 is 2.33 bits per heavy atom. The lowest BCUT2D eigenvalue weighted by Crippen LogP contribution is -2.48. The van der Waals surface area contributed by atoms with Crippen LogP contribution >= 0.6 is 0 Å². The van der Waals surface area contributed by atoms with E-state index >= 15 is 4.39 Å². The lowest BCUT2D eigenvalue weighted by atomic mass is 9.87. The van der Waals surface area contributed by atoms with Gasteiger partial charge < -0.3 is 9.32 Å². The van der Waals surface area contributed by atoms with Crippen molar-refractivity contribution in [2.75, 3.05) is 29.5 Å². The molecule has 0 spiro atoms. The predicted octanol–water partition coefficient (Wildman–Crippen LogP) is 5.30. The zero-order valence-electron chi connectivity index (χ0n) is 20.2. The summed E-state index contributed by atoms with van der Waals surface area (Å²) in [6.07, 6.45) is -2.92. The molecule has 7 nitrogen and oxygen atoms in total. The van der Waals surface area contributed by atoms with Crippen LogP contribution in [0.1, 0.15) is 44.2 Å². The maximum atomic E-state index is 15.1. The van der Waals surface area contributed by atoms with Gasteiger partial charge in [0.2, 0.25) is 5.89 Å². The van der Waals surface area contributed by atoms with Crippen LogP contribution < -0.4 is 4.90 Å².